The Labute approximate surface area is 190 Å². The minimum atomic E-state index is -0.558. The zero-order valence-corrected chi connectivity index (χ0v) is 18.3. The predicted octanol–water partition coefficient (Wildman–Crippen LogP) is 4.74. The number of phenols is 1. The second-order valence-electron chi connectivity index (χ2n) is 7.63. The van der Waals surface area contributed by atoms with Crippen molar-refractivity contribution in [1.29, 1.82) is 0 Å². The highest BCUT2D eigenvalue weighted by molar-refractivity contribution is 6.03. The third kappa shape index (κ3) is 3.47. The second-order valence-corrected chi connectivity index (χ2v) is 7.63. The molecule has 7 nitrogen and oxygen atoms in total. The van der Waals surface area contributed by atoms with Crippen molar-refractivity contribution >= 4 is 28.6 Å². The Hall–Kier alpha value is -4.26. The Morgan fingerprint density at radius 3 is 2.61 bits per heavy atom. The van der Waals surface area contributed by atoms with Crippen LogP contribution in [0.1, 0.15) is 24.1 Å². The molecule has 1 atom stereocenters. The molecule has 166 valence electrons. The van der Waals surface area contributed by atoms with E-state index in [4.69, 9.17) is 14.5 Å². The first-order valence-electron chi connectivity index (χ1n) is 10.7. The highest BCUT2D eigenvalue weighted by Crippen LogP contribution is 2.43. The summed E-state index contributed by atoms with van der Waals surface area (Å²) in [4.78, 5) is 18.2. The summed E-state index contributed by atoms with van der Waals surface area (Å²) in [7, 11) is 1.50. The van der Waals surface area contributed by atoms with E-state index in [-0.39, 0.29) is 12.4 Å². The molecule has 4 aromatic rings. The summed E-state index contributed by atoms with van der Waals surface area (Å²) in [5.41, 5.74) is 4.35. The van der Waals surface area contributed by atoms with Crippen molar-refractivity contribution in [1.82, 2.24) is 9.55 Å². The highest BCUT2D eigenvalue weighted by Gasteiger charge is 2.37. The molecule has 2 heterocycles. The summed E-state index contributed by atoms with van der Waals surface area (Å²) in [5.74, 6) is 0.529. The molecule has 7 heteroatoms. The Bertz CT molecular complexity index is 1380. The quantitative estimate of drug-likeness (QED) is 0.435. The number of benzene rings is 3. The van der Waals surface area contributed by atoms with Gasteiger partial charge in [0.15, 0.2) is 11.5 Å². The molecule has 0 saturated heterocycles. The van der Waals surface area contributed by atoms with E-state index in [1.807, 2.05) is 59.2 Å². The third-order valence-electron chi connectivity index (χ3n) is 5.71. The van der Waals surface area contributed by atoms with Crippen LogP contribution in [-0.2, 0) is 9.53 Å². The van der Waals surface area contributed by atoms with Crippen LogP contribution in [0.25, 0.3) is 16.7 Å². The summed E-state index contributed by atoms with van der Waals surface area (Å²) < 4.78 is 12.9. The van der Waals surface area contributed by atoms with Gasteiger partial charge in [-0.2, -0.15) is 0 Å². The maximum atomic E-state index is 13.4. The molecule has 1 unspecified atom stereocenters. The number of rotatable bonds is 5. The number of phenolic OH excluding ortho intramolecular Hbond substituents is 1. The van der Waals surface area contributed by atoms with Crippen molar-refractivity contribution in [2.45, 2.75) is 13.0 Å². The molecule has 3 aromatic carbocycles. The normalized spacial score (nSPS) is 15.2. The van der Waals surface area contributed by atoms with Crippen molar-refractivity contribution in [3.05, 3.63) is 89.5 Å². The van der Waals surface area contributed by atoms with Gasteiger partial charge in [0, 0.05) is 0 Å². The van der Waals surface area contributed by atoms with E-state index in [1.165, 1.54) is 7.11 Å². The van der Waals surface area contributed by atoms with E-state index in [2.05, 4.69) is 5.32 Å². The van der Waals surface area contributed by atoms with E-state index >= 15 is 0 Å². The van der Waals surface area contributed by atoms with E-state index in [0.29, 0.717) is 23.0 Å². The van der Waals surface area contributed by atoms with Crippen LogP contribution >= 0.6 is 0 Å². The summed E-state index contributed by atoms with van der Waals surface area (Å²) in [6.45, 7) is 2.03. The van der Waals surface area contributed by atoms with Gasteiger partial charge in [0.1, 0.15) is 0 Å². The first kappa shape index (κ1) is 20.6. The molecule has 5 rings (SSSR count). The highest BCUT2D eigenvalue weighted by atomic mass is 16.5. The molecule has 1 aliphatic heterocycles. The number of esters is 1. The van der Waals surface area contributed by atoms with E-state index in [0.717, 1.165) is 22.2 Å². The summed E-state index contributed by atoms with van der Waals surface area (Å²) in [6.07, 6.45) is 0. The number of aromatic nitrogens is 2. The van der Waals surface area contributed by atoms with Gasteiger partial charge in [-0.3, -0.25) is 4.57 Å². The Balaban J connectivity index is 1.84. The Morgan fingerprint density at radius 2 is 1.85 bits per heavy atom. The maximum Gasteiger partial charge on any atom is 0.338 e. The Morgan fingerprint density at radius 1 is 1.09 bits per heavy atom. The van der Waals surface area contributed by atoms with Gasteiger partial charge in [-0.1, -0.05) is 48.5 Å². The number of imidazole rings is 1. The molecule has 0 saturated carbocycles. The zero-order chi connectivity index (χ0) is 22.9. The van der Waals surface area contributed by atoms with Crippen molar-refractivity contribution in [3.8, 4) is 11.5 Å². The van der Waals surface area contributed by atoms with Crippen molar-refractivity contribution in [2.75, 3.05) is 19.0 Å². The number of para-hydroxylation sites is 2. The number of hydrogen-bond donors (Lipinski definition) is 2. The number of fused-ring (bicyclic) bond motifs is 3. The molecule has 0 fully saturated rings. The van der Waals surface area contributed by atoms with Crippen LogP contribution in [0.4, 0.5) is 5.95 Å². The fourth-order valence-electron chi connectivity index (χ4n) is 4.27. The van der Waals surface area contributed by atoms with E-state index < -0.39 is 12.0 Å². The molecule has 0 bridgehead atoms. The summed E-state index contributed by atoms with van der Waals surface area (Å²) >= 11 is 0. The Kier molecular flexibility index (Phi) is 5.22. The second kappa shape index (κ2) is 8.35. The summed E-state index contributed by atoms with van der Waals surface area (Å²) in [6, 6.07) is 21.9. The average Bonchev–Trinajstić information content (AvgIpc) is 3.22. The number of methoxy groups -OCH3 is 1. The standard InChI is InChI=1S/C26H23N3O4/c1-3-33-25(31)22-23(16-9-5-4-6-10-16)28-26-27-18-11-7-8-12-19(18)29(26)24(22)17-13-14-20(30)21(15-17)32-2/h4-15,24,30H,3H2,1-2H3,(H,27,28). The molecule has 1 aromatic heterocycles. The van der Waals surface area contributed by atoms with Gasteiger partial charge in [0.05, 0.1) is 42.1 Å². The van der Waals surface area contributed by atoms with Gasteiger partial charge in [-0.05, 0) is 42.3 Å². The maximum absolute atomic E-state index is 13.4. The van der Waals surface area contributed by atoms with Crippen LogP contribution in [0.2, 0.25) is 0 Å². The lowest BCUT2D eigenvalue weighted by Crippen LogP contribution is -2.29. The van der Waals surface area contributed by atoms with Crippen LogP contribution in [0.3, 0.4) is 0 Å². The number of carbonyl (C=O) groups excluding carboxylic acids is 1. The molecular weight excluding hydrogens is 418 g/mol. The number of hydrogen-bond acceptors (Lipinski definition) is 6. The van der Waals surface area contributed by atoms with Crippen LogP contribution in [-0.4, -0.2) is 34.3 Å². The smallest absolute Gasteiger partial charge is 0.338 e. The SMILES string of the molecule is CCOC(=O)C1=C(c2ccccc2)Nc2nc3ccccc3n2C1c1ccc(O)c(OC)c1. The number of anilines is 1. The molecule has 0 aliphatic carbocycles. The first-order chi connectivity index (χ1) is 16.1. The van der Waals surface area contributed by atoms with Crippen LogP contribution in [0.15, 0.2) is 78.4 Å². The summed E-state index contributed by atoms with van der Waals surface area (Å²) in [5, 5.41) is 13.6. The van der Waals surface area contributed by atoms with E-state index in [1.54, 1.807) is 25.1 Å². The topological polar surface area (TPSA) is 85.6 Å². The van der Waals surface area contributed by atoms with Gasteiger partial charge in [-0.15, -0.1) is 0 Å². The number of carbonyl (C=O) groups is 1. The van der Waals surface area contributed by atoms with Crippen LogP contribution < -0.4 is 10.1 Å². The molecule has 2 N–H and O–H groups in total. The minimum Gasteiger partial charge on any atom is -0.504 e. The largest absolute Gasteiger partial charge is 0.504 e. The molecule has 0 radical (unpaired) electrons. The fraction of sp³-hybridized carbons (Fsp3) is 0.154. The number of nitrogens with one attached hydrogen (secondary N) is 1. The fourth-order valence-corrected chi connectivity index (χ4v) is 4.27. The lowest BCUT2D eigenvalue weighted by Gasteiger charge is -2.31. The number of nitrogens with zero attached hydrogens (tertiary/aromatic N) is 2. The molecular formula is C26H23N3O4. The first-order valence-corrected chi connectivity index (χ1v) is 10.7. The zero-order valence-electron chi connectivity index (χ0n) is 18.3. The molecule has 0 amide bonds. The van der Waals surface area contributed by atoms with Crippen molar-refractivity contribution in [3.63, 3.8) is 0 Å². The average molecular weight is 441 g/mol. The number of aromatic hydroxyl groups is 1. The predicted molar refractivity (Wildman–Crippen MR) is 126 cm³/mol. The van der Waals surface area contributed by atoms with E-state index in [9.17, 15) is 9.90 Å². The van der Waals surface area contributed by atoms with Gasteiger partial charge in [0.2, 0.25) is 5.95 Å². The monoisotopic (exact) mass is 441 g/mol. The molecule has 0 spiro atoms. The van der Waals surface area contributed by atoms with Gasteiger partial charge in [-0.25, -0.2) is 9.78 Å². The van der Waals surface area contributed by atoms with Gasteiger partial charge < -0.3 is 19.9 Å². The molecule has 1 aliphatic rings. The minimum absolute atomic E-state index is 0.0239. The van der Waals surface area contributed by atoms with Gasteiger partial charge in [0.25, 0.3) is 0 Å². The van der Waals surface area contributed by atoms with Crippen LogP contribution in [0.5, 0.6) is 11.5 Å². The lowest BCUT2D eigenvalue weighted by atomic mass is 9.92. The third-order valence-corrected chi connectivity index (χ3v) is 5.71. The lowest BCUT2D eigenvalue weighted by molar-refractivity contribution is -0.138. The number of ether oxygens (including phenoxy) is 2. The van der Waals surface area contributed by atoms with Crippen molar-refractivity contribution < 1.29 is 19.4 Å². The van der Waals surface area contributed by atoms with Crippen LogP contribution in [0, 0.1) is 0 Å². The van der Waals surface area contributed by atoms with Gasteiger partial charge >= 0.3 is 5.97 Å². The molecule has 33 heavy (non-hydrogen) atoms. The van der Waals surface area contributed by atoms with Crippen molar-refractivity contribution in [2.24, 2.45) is 0 Å².